The molecule has 1 saturated heterocycles. The number of thiol groups is 1. The Balaban J connectivity index is 2.29. The molecule has 2 rings (SSSR count). The first-order valence-corrected chi connectivity index (χ1v) is 7.26. The first-order valence-electron chi connectivity index (χ1n) is 6.63. The molecule has 0 aromatic carbocycles. The molecule has 0 amide bonds. The summed E-state index contributed by atoms with van der Waals surface area (Å²) in [5.41, 5.74) is 7.68. The van der Waals surface area contributed by atoms with Crippen LogP contribution < -0.4 is 5.73 Å². The average molecular weight is 292 g/mol. The third kappa shape index (κ3) is 2.87. The zero-order valence-corrected chi connectivity index (χ0v) is 13.3. The van der Waals surface area contributed by atoms with E-state index in [1.54, 1.807) is 12.4 Å². The van der Waals surface area contributed by atoms with Gasteiger partial charge in [-0.25, -0.2) is 0 Å². The summed E-state index contributed by atoms with van der Waals surface area (Å²) in [4.78, 5) is 3.99. The topological polar surface area (TPSA) is 57.4 Å². The van der Waals surface area contributed by atoms with Gasteiger partial charge in [-0.15, -0.1) is 0 Å². The van der Waals surface area contributed by atoms with Gasteiger partial charge in [0.05, 0.1) is 23.1 Å². The molecule has 0 spiro atoms. The van der Waals surface area contributed by atoms with Crippen LogP contribution in [0.15, 0.2) is 23.9 Å². The highest BCUT2D eigenvalue weighted by Gasteiger charge is 2.52. The Morgan fingerprint density at radius 3 is 2.45 bits per heavy atom. The van der Waals surface area contributed by atoms with Gasteiger partial charge in [-0.05, 0) is 44.8 Å². The Kier molecular flexibility index (Phi) is 4.18. The van der Waals surface area contributed by atoms with Crippen LogP contribution in [0.1, 0.15) is 33.3 Å². The van der Waals surface area contributed by atoms with E-state index in [2.05, 4.69) is 17.6 Å². The van der Waals surface area contributed by atoms with Gasteiger partial charge in [0.15, 0.2) is 0 Å². The van der Waals surface area contributed by atoms with Gasteiger partial charge < -0.3 is 15.0 Å². The third-order valence-electron chi connectivity index (χ3n) is 3.97. The van der Waals surface area contributed by atoms with Gasteiger partial charge in [-0.3, -0.25) is 4.98 Å². The molecule has 1 aromatic rings. The number of anilines is 1. The molecule has 0 unspecified atom stereocenters. The number of nitrogen functional groups attached to an aromatic ring is 1. The van der Waals surface area contributed by atoms with E-state index in [1.807, 2.05) is 39.8 Å². The van der Waals surface area contributed by atoms with Gasteiger partial charge in [0.2, 0.25) is 0 Å². The zero-order chi connectivity index (χ0) is 15.0. The first kappa shape index (κ1) is 15.4. The quantitative estimate of drug-likeness (QED) is 0.664. The lowest BCUT2D eigenvalue weighted by Gasteiger charge is -2.32. The molecule has 0 atom stereocenters. The van der Waals surface area contributed by atoms with Crippen molar-refractivity contribution in [2.45, 2.75) is 38.9 Å². The highest BCUT2D eigenvalue weighted by Crippen LogP contribution is 2.39. The fraction of sp³-hybridized carbons (Fsp3) is 0.500. The fourth-order valence-electron chi connectivity index (χ4n) is 1.93. The molecule has 108 valence electrons. The van der Waals surface area contributed by atoms with Crippen LogP contribution >= 0.6 is 12.6 Å². The molecular weight excluding hydrogens is 271 g/mol. The van der Waals surface area contributed by atoms with Crippen molar-refractivity contribution in [1.82, 2.24) is 4.98 Å². The molecule has 1 aliphatic heterocycles. The van der Waals surface area contributed by atoms with Crippen LogP contribution in [-0.4, -0.2) is 29.1 Å². The maximum Gasteiger partial charge on any atom is 0.491 e. The van der Waals surface area contributed by atoms with Crippen LogP contribution in [0.5, 0.6) is 0 Å². The van der Waals surface area contributed by atoms with E-state index in [-0.39, 0.29) is 11.2 Å². The number of hydrogen-bond acceptors (Lipinski definition) is 5. The Bertz CT molecular complexity index is 516. The number of rotatable bonds is 3. The van der Waals surface area contributed by atoms with Crippen molar-refractivity contribution in [2.24, 2.45) is 0 Å². The van der Waals surface area contributed by atoms with Crippen molar-refractivity contribution < 1.29 is 9.31 Å². The first-order chi connectivity index (χ1) is 9.27. The average Bonchev–Trinajstić information content (AvgIpc) is 2.57. The monoisotopic (exact) mass is 292 g/mol. The maximum absolute atomic E-state index is 6.03. The zero-order valence-electron chi connectivity index (χ0n) is 12.4. The third-order valence-corrected chi connectivity index (χ3v) is 4.33. The minimum absolute atomic E-state index is 0.358. The molecule has 2 heterocycles. The predicted octanol–water partition coefficient (Wildman–Crippen LogP) is 2.61. The Hall–Kier alpha value is -0.975. The summed E-state index contributed by atoms with van der Waals surface area (Å²) in [6.45, 7) is 8.13. The second-order valence-corrected chi connectivity index (χ2v) is 6.29. The van der Waals surface area contributed by atoms with Crippen molar-refractivity contribution >= 4 is 31.5 Å². The minimum atomic E-state index is -0.398. The van der Waals surface area contributed by atoms with Gasteiger partial charge >= 0.3 is 7.12 Å². The number of pyridine rings is 1. The van der Waals surface area contributed by atoms with E-state index in [4.69, 9.17) is 15.0 Å². The Morgan fingerprint density at radius 1 is 1.35 bits per heavy atom. The summed E-state index contributed by atoms with van der Waals surface area (Å²) in [5.74, 6) is 0.540. The second-order valence-electron chi connectivity index (χ2n) is 5.97. The Labute approximate surface area is 126 Å². The summed E-state index contributed by atoms with van der Waals surface area (Å²) in [5, 5.41) is 0. The van der Waals surface area contributed by atoms with E-state index in [1.165, 1.54) is 0 Å². The van der Waals surface area contributed by atoms with Gasteiger partial charge in [0.25, 0.3) is 0 Å². The van der Waals surface area contributed by atoms with Gasteiger partial charge in [-0.2, -0.15) is 12.6 Å². The van der Waals surface area contributed by atoms with Crippen LogP contribution in [-0.2, 0) is 9.31 Å². The van der Waals surface area contributed by atoms with Crippen LogP contribution in [0.2, 0.25) is 0 Å². The predicted molar refractivity (Wildman–Crippen MR) is 86.6 cm³/mol. The van der Waals surface area contributed by atoms with Crippen molar-refractivity contribution in [3.05, 3.63) is 29.5 Å². The van der Waals surface area contributed by atoms with E-state index in [0.717, 1.165) is 11.0 Å². The van der Waals surface area contributed by atoms with E-state index in [9.17, 15) is 0 Å². The molecule has 0 bridgehead atoms. The number of aromatic nitrogens is 1. The molecule has 1 aliphatic rings. The summed E-state index contributed by atoms with van der Waals surface area (Å²) in [6.07, 6.45) is 5.31. The van der Waals surface area contributed by atoms with Crippen molar-refractivity contribution in [1.29, 1.82) is 0 Å². The van der Waals surface area contributed by atoms with Crippen molar-refractivity contribution in [3.8, 4) is 0 Å². The lowest BCUT2D eigenvalue weighted by molar-refractivity contribution is 0.00578. The molecule has 0 aliphatic carbocycles. The van der Waals surface area contributed by atoms with E-state index in [0.29, 0.717) is 11.4 Å². The number of hydrogen-bond donors (Lipinski definition) is 2. The van der Waals surface area contributed by atoms with Crippen LogP contribution in [0.25, 0.3) is 6.08 Å². The molecule has 0 saturated carbocycles. The largest absolute Gasteiger partial charge is 0.491 e. The maximum atomic E-state index is 6.03. The molecular formula is C14H21BN2O2S. The van der Waals surface area contributed by atoms with E-state index >= 15 is 0 Å². The van der Waals surface area contributed by atoms with Crippen molar-refractivity contribution in [2.75, 3.05) is 11.5 Å². The van der Waals surface area contributed by atoms with Gasteiger partial charge in [0.1, 0.15) is 0 Å². The van der Waals surface area contributed by atoms with Gasteiger partial charge in [0, 0.05) is 11.9 Å². The van der Waals surface area contributed by atoms with E-state index < -0.39 is 7.12 Å². The molecule has 6 heteroatoms. The van der Waals surface area contributed by atoms with Crippen LogP contribution in [0, 0.1) is 0 Å². The lowest BCUT2D eigenvalue weighted by atomic mass is 9.78. The molecule has 20 heavy (non-hydrogen) atoms. The highest BCUT2D eigenvalue weighted by molar-refractivity contribution is 7.80. The molecule has 0 radical (unpaired) electrons. The minimum Gasteiger partial charge on any atom is -0.400 e. The van der Waals surface area contributed by atoms with Gasteiger partial charge in [-0.1, -0.05) is 6.08 Å². The lowest BCUT2D eigenvalue weighted by Crippen LogP contribution is -2.41. The molecule has 1 aromatic heterocycles. The number of nitrogens with zero attached hydrogens (tertiary/aromatic N) is 1. The molecule has 4 nitrogen and oxygen atoms in total. The second kappa shape index (κ2) is 5.43. The summed E-state index contributed by atoms with van der Waals surface area (Å²) >= 11 is 4.38. The standard InChI is InChI=1S/C14H21BN2O2S/c1-13(2)14(3,4)19-15(18-13)11(9-20)7-10-5-6-17-8-12(10)16/h5-8,20H,9,16H2,1-4H3. The summed E-state index contributed by atoms with van der Waals surface area (Å²) < 4.78 is 12.1. The Morgan fingerprint density at radius 2 is 1.95 bits per heavy atom. The highest BCUT2D eigenvalue weighted by atomic mass is 32.1. The van der Waals surface area contributed by atoms with Crippen LogP contribution in [0.3, 0.4) is 0 Å². The van der Waals surface area contributed by atoms with Crippen LogP contribution in [0.4, 0.5) is 5.69 Å². The fourth-order valence-corrected chi connectivity index (χ4v) is 2.17. The normalized spacial score (nSPS) is 21.2. The summed E-state index contributed by atoms with van der Waals surface area (Å²) in [7, 11) is -0.398. The number of nitrogens with two attached hydrogens (primary N) is 1. The smallest absolute Gasteiger partial charge is 0.400 e. The van der Waals surface area contributed by atoms with Crippen molar-refractivity contribution in [3.63, 3.8) is 0 Å². The molecule has 2 N–H and O–H groups in total. The molecule has 1 fully saturated rings. The summed E-state index contributed by atoms with van der Waals surface area (Å²) in [6, 6.07) is 1.87. The SMILES string of the molecule is CC1(C)OB(C(=Cc2ccncc2N)CS)OC1(C)C.